The van der Waals surface area contributed by atoms with Gasteiger partial charge in [0, 0.05) is 37.3 Å². The second-order valence-electron chi connectivity index (χ2n) is 7.65. The lowest BCUT2D eigenvalue weighted by Gasteiger charge is -2.33. The van der Waals surface area contributed by atoms with E-state index in [1.165, 1.54) is 0 Å². The Labute approximate surface area is 190 Å². The van der Waals surface area contributed by atoms with Crippen molar-refractivity contribution < 1.29 is 49.2 Å². The van der Waals surface area contributed by atoms with E-state index in [0.717, 1.165) is 12.0 Å². The molecule has 2 aliphatic rings. The maximum Gasteiger partial charge on any atom is 0.534 e. The van der Waals surface area contributed by atoms with Crippen molar-refractivity contribution >= 4 is 33.1 Å². The highest BCUT2D eigenvalue weighted by atomic mass is 32.2. The van der Waals surface area contributed by atoms with Gasteiger partial charge in [0.1, 0.15) is 0 Å². The number of nitrogens with one attached hydrogen (secondary N) is 1. The molecule has 2 aromatic carbocycles. The number of carboxylic acids is 1. The molecule has 0 bridgehead atoms. The number of carboxylic acid groups (broad SMARTS) is 1. The number of rotatable bonds is 6. The van der Waals surface area contributed by atoms with Gasteiger partial charge in [-0.25, -0.2) is 4.39 Å². The van der Waals surface area contributed by atoms with Gasteiger partial charge in [-0.3, -0.25) is 4.79 Å². The van der Waals surface area contributed by atoms with Crippen LogP contribution in [0.15, 0.2) is 18.2 Å². The number of fused-ring (bicyclic) bond motifs is 3. The van der Waals surface area contributed by atoms with Crippen LogP contribution in [-0.4, -0.2) is 38.1 Å². The van der Waals surface area contributed by atoms with Crippen LogP contribution in [0.3, 0.4) is 0 Å². The third-order valence-corrected chi connectivity index (χ3v) is 6.26. The summed E-state index contributed by atoms with van der Waals surface area (Å²) in [5.74, 6) is -6.82. The molecule has 34 heavy (non-hydrogen) atoms. The van der Waals surface area contributed by atoms with Crippen LogP contribution in [0.1, 0.15) is 24.8 Å². The van der Waals surface area contributed by atoms with E-state index >= 15 is 0 Å². The van der Waals surface area contributed by atoms with Crippen molar-refractivity contribution in [2.75, 3.05) is 23.3 Å². The number of ether oxygens (including phenoxy) is 1. The molecule has 8 nitrogen and oxygen atoms in total. The van der Waals surface area contributed by atoms with Gasteiger partial charge in [-0.1, -0.05) is 0 Å². The van der Waals surface area contributed by atoms with E-state index < -0.39 is 44.7 Å². The van der Waals surface area contributed by atoms with Gasteiger partial charge in [0.25, 0.3) is 0 Å². The number of benzene rings is 2. The van der Waals surface area contributed by atoms with E-state index in [9.17, 15) is 35.2 Å². The number of alkyl halides is 3. The molecule has 0 amide bonds. The minimum atomic E-state index is -6.32. The lowest BCUT2D eigenvalue weighted by Crippen LogP contribution is -2.30. The molecule has 2 aromatic rings. The Morgan fingerprint density at radius 2 is 1.94 bits per heavy atom. The molecule has 184 valence electrons. The molecule has 0 saturated carbocycles. The minimum absolute atomic E-state index is 0.0252. The summed E-state index contributed by atoms with van der Waals surface area (Å²) in [6.45, 7) is 1.08. The second kappa shape index (κ2) is 8.49. The van der Waals surface area contributed by atoms with Gasteiger partial charge in [0.15, 0.2) is 17.3 Å². The molecule has 0 radical (unpaired) electrons. The maximum absolute atomic E-state index is 14.9. The lowest BCUT2D eigenvalue weighted by molar-refractivity contribution is -0.137. The van der Waals surface area contributed by atoms with E-state index in [1.54, 1.807) is 12.1 Å². The summed E-state index contributed by atoms with van der Waals surface area (Å²) >= 11 is 0. The first-order chi connectivity index (χ1) is 15.9. The average Bonchev–Trinajstić information content (AvgIpc) is 2.73. The van der Waals surface area contributed by atoms with Crippen molar-refractivity contribution in [1.29, 1.82) is 0 Å². The van der Waals surface area contributed by atoms with Crippen molar-refractivity contribution in [1.82, 2.24) is 0 Å². The number of hydrogen-bond donors (Lipinski definition) is 2. The van der Waals surface area contributed by atoms with Gasteiger partial charge in [-0.2, -0.15) is 26.0 Å². The summed E-state index contributed by atoms with van der Waals surface area (Å²) in [6, 6.07) is 3.82. The number of carbonyl (C=O) groups is 1. The van der Waals surface area contributed by atoms with Crippen molar-refractivity contribution in [3.8, 4) is 17.2 Å². The Kier molecular flexibility index (Phi) is 5.96. The van der Waals surface area contributed by atoms with Gasteiger partial charge in [-0.05, 0) is 30.9 Å². The van der Waals surface area contributed by atoms with Gasteiger partial charge in [-0.15, -0.1) is 0 Å². The zero-order chi connectivity index (χ0) is 24.8. The van der Waals surface area contributed by atoms with Gasteiger partial charge in [0.2, 0.25) is 11.6 Å². The SMILES string of the molecule is O=C(O)CCCN1CCCc2cc3c(cc21)Oc1c(cc(F)c(OS(=O)(=O)C(F)(F)F)c1F)N3. The highest BCUT2D eigenvalue weighted by Gasteiger charge is 2.49. The molecule has 14 heteroatoms. The van der Waals surface area contributed by atoms with Crippen molar-refractivity contribution in [3.05, 3.63) is 35.4 Å². The van der Waals surface area contributed by atoms with E-state index in [1.807, 2.05) is 4.90 Å². The summed E-state index contributed by atoms with van der Waals surface area (Å²) in [4.78, 5) is 12.7. The molecule has 0 saturated heterocycles. The van der Waals surface area contributed by atoms with Crippen molar-refractivity contribution in [2.24, 2.45) is 0 Å². The van der Waals surface area contributed by atoms with Crippen LogP contribution < -0.4 is 19.1 Å². The standard InChI is InChI=1S/C20H17F5N2O6S/c21-11-8-13-19(17(22)18(11)33-34(30,31)20(23,24)25)32-15-9-14-10(7-12(15)26-13)3-1-5-27(14)6-2-4-16(28)29/h7-9,26H,1-6H2,(H,28,29). The lowest BCUT2D eigenvalue weighted by atomic mass is 9.99. The number of anilines is 3. The van der Waals surface area contributed by atoms with Gasteiger partial charge >= 0.3 is 21.6 Å². The number of halogens is 5. The molecule has 0 aromatic heterocycles. The van der Waals surface area contributed by atoms with Crippen LogP contribution in [0.25, 0.3) is 0 Å². The second-order valence-corrected chi connectivity index (χ2v) is 9.19. The summed E-state index contributed by atoms with van der Waals surface area (Å²) in [5.41, 5.74) is -4.23. The molecule has 2 N–H and O–H groups in total. The summed E-state index contributed by atoms with van der Waals surface area (Å²) < 4.78 is 98.6. The van der Waals surface area contributed by atoms with E-state index in [2.05, 4.69) is 9.50 Å². The Balaban J connectivity index is 1.67. The third kappa shape index (κ3) is 4.41. The fraction of sp³-hybridized carbons (Fsp3) is 0.350. The Morgan fingerprint density at radius 3 is 2.62 bits per heavy atom. The van der Waals surface area contributed by atoms with Crippen LogP contribution in [-0.2, 0) is 21.3 Å². The molecule has 0 aliphatic carbocycles. The third-order valence-electron chi connectivity index (χ3n) is 5.30. The van der Waals surface area contributed by atoms with Gasteiger partial charge < -0.3 is 24.2 Å². The summed E-state index contributed by atoms with van der Waals surface area (Å²) in [5, 5.41) is 11.6. The quantitative estimate of drug-likeness (QED) is 0.282. The van der Waals surface area contributed by atoms with Crippen molar-refractivity contribution in [3.63, 3.8) is 0 Å². The van der Waals surface area contributed by atoms with Crippen LogP contribution in [0, 0.1) is 11.6 Å². The monoisotopic (exact) mass is 508 g/mol. The topological polar surface area (TPSA) is 105 Å². The molecular weight excluding hydrogens is 491 g/mol. The molecule has 0 fully saturated rings. The predicted molar refractivity (Wildman–Crippen MR) is 109 cm³/mol. The van der Waals surface area contributed by atoms with E-state index in [-0.39, 0.29) is 17.9 Å². The molecule has 0 spiro atoms. The number of hydrogen-bond acceptors (Lipinski definition) is 7. The van der Waals surface area contributed by atoms with Crippen LogP contribution >= 0.6 is 0 Å². The highest BCUT2D eigenvalue weighted by molar-refractivity contribution is 7.88. The summed E-state index contributed by atoms with van der Waals surface area (Å²) in [6.07, 6.45) is 1.85. The number of aliphatic carboxylic acids is 1. The number of aryl methyl sites for hydroxylation is 1. The maximum atomic E-state index is 14.9. The van der Waals surface area contributed by atoms with E-state index in [0.29, 0.717) is 43.4 Å². The van der Waals surface area contributed by atoms with Crippen molar-refractivity contribution in [2.45, 2.75) is 31.2 Å². The molecule has 2 aliphatic heterocycles. The zero-order valence-corrected chi connectivity index (χ0v) is 18.0. The Bertz CT molecular complexity index is 1270. The fourth-order valence-corrected chi connectivity index (χ4v) is 4.26. The molecule has 0 atom stereocenters. The van der Waals surface area contributed by atoms with E-state index in [4.69, 9.17) is 9.84 Å². The van der Waals surface area contributed by atoms with Crippen LogP contribution in [0.5, 0.6) is 17.2 Å². The first-order valence-electron chi connectivity index (χ1n) is 9.98. The number of nitrogens with zero attached hydrogens (tertiary/aromatic N) is 1. The molecule has 2 heterocycles. The molecular formula is C20H17F5N2O6S. The Morgan fingerprint density at radius 1 is 1.21 bits per heavy atom. The Hall–Kier alpha value is -3.29. The normalized spacial score (nSPS) is 14.9. The predicted octanol–water partition coefficient (Wildman–Crippen LogP) is 4.66. The molecule has 0 unspecified atom stereocenters. The smallest absolute Gasteiger partial charge is 0.481 e. The minimum Gasteiger partial charge on any atom is -0.481 e. The highest BCUT2D eigenvalue weighted by Crippen LogP contribution is 2.49. The fourth-order valence-electron chi connectivity index (χ4n) is 3.79. The first-order valence-corrected chi connectivity index (χ1v) is 11.4. The summed E-state index contributed by atoms with van der Waals surface area (Å²) in [7, 11) is -6.32. The van der Waals surface area contributed by atoms with Crippen LogP contribution in [0.4, 0.5) is 39.0 Å². The zero-order valence-electron chi connectivity index (χ0n) is 17.2. The van der Waals surface area contributed by atoms with Gasteiger partial charge in [0.05, 0.1) is 11.4 Å². The molecule has 4 rings (SSSR count). The van der Waals surface area contributed by atoms with Crippen LogP contribution in [0.2, 0.25) is 0 Å². The average molecular weight is 508 g/mol. The first kappa shape index (κ1) is 23.9. The largest absolute Gasteiger partial charge is 0.534 e.